The molecular weight excluding hydrogens is 224 g/mol. The van der Waals surface area contributed by atoms with Gasteiger partial charge in [0.15, 0.2) is 0 Å². The Kier molecular flexibility index (Phi) is 4.65. The van der Waals surface area contributed by atoms with Crippen molar-refractivity contribution < 1.29 is 9.84 Å². The second-order valence-corrected chi connectivity index (χ2v) is 5.43. The zero-order valence-corrected chi connectivity index (χ0v) is 11.3. The topological polar surface area (TPSA) is 29.5 Å². The lowest BCUT2D eigenvalue weighted by atomic mass is 9.93. The average molecular weight is 248 g/mol. The summed E-state index contributed by atoms with van der Waals surface area (Å²) in [5.74, 6) is 0.952. The van der Waals surface area contributed by atoms with Crippen molar-refractivity contribution in [2.45, 2.75) is 57.5 Å². The van der Waals surface area contributed by atoms with Crippen LogP contribution < -0.4 is 4.74 Å². The summed E-state index contributed by atoms with van der Waals surface area (Å²) in [5.41, 5.74) is 0.865. The van der Waals surface area contributed by atoms with Crippen LogP contribution in [0.4, 0.5) is 0 Å². The third kappa shape index (κ3) is 3.74. The van der Waals surface area contributed by atoms with Crippen LogP contribution in [0.15, 0.2) is 24.3 Å². The molecule has 1 N–H and O–H groups in total. The van der Waals surface area contributed by atoms with E-state index in [0.29, 0.717) is 0 Å². The third-order valence-electron chi connectivity index (χ3n) is 3.78. The fourth-order valence-electron chi connectivity index (χ4n) is 2.67. The lowest BCUT2D eigenvalue weighted by molar-refractivity contribution is 0.0391. The van der Waals surface area contributed by atoms with Gasteiger partial charge in [0, 0.05) is 0 Å². The highest BCUT2D eigenvalue weighted by atomic mass is 16.5. The van der Waals surface area contributed by atoms with E-state index in [4.69, 9.17) is 4.74 Å². The van der Waals surface area contributed by atoms with Gasteiger partial charge in [-0.1, -0.05) is 31.9 Å². The van der Waals surface area contributed by atoms with Crippen LogP contribution >= 0.6 is 0 Å². The Balaban J connectivity index is 1.88. The fraction of sp³-hybridized carbons (Fsp3) is 0.625. The molecule has 0 atom stereocenters. The van der Waals surface area contributed by atoms with Crippen LogP contribution in [0.25, 0.3) is 0 Å². The minimum absolute atomic E-state index is 0.402. The van der Waals surface area contributed by atoms with E-state index < -0.39 is 5.60 Å². The molecular formula is C16H24O2. The predicted molar refractivity (Wildman–Crippen MR) is 74.0 cm³/mol. The molecule has 0 saturated heterocycles. The Morgan fingerprint density at radius 3 is 2.78 bits per heavy atom. The number of hydrogen-bond donors (Lipinski definition) is 1. The Labute approximate surface area is 110 Å². The first kappa shape index (κ1) is 13.4. The molecule has 2 heteroatoms. The molecule has 0 aliphatic heterocycles. The Bertz CT molecular complexity index is 367. The van der Waals surface area contributed by atoms with E-state index in [-0.39, 0.29) is 0 Å². The Morgan fingerprint density at radius 2 is 2.06 bits per heavy atom. The average Bonchev–Trinajstić information content (AvgIpc) is 2.82. The van der Waals surface area contributed by atoms with E-state index in [1.54, 1.807) is 0 Å². The van der Waals surface area contributed by atoms with Gasteiger partial charge in [-0.3, -0.25) is 0 Å². The SMILES string of the molecule is CCCOc1cccc(CCC2(O)CCCC2)c1. The maximum atomic E-state index is 10.3. The van der Waals surface area contributed by atoms with E-state index in [2.05, 4.69) is 19.1 Å². The van der Waals surface area contributed by atoms with Crippen molar-refractivity contribution in [3.63, 3.8) is 0 Å². The summed E-state index contributed by atoms with van der Waals surface area (Å²) in [6, 6.07) is 8.27. The number of rotatable bonds is 6. The van der Waals surface area contributed by atoms with Crippen molar-refractivity contribution in [1.82, 2.24) is 0 Å². The molecule has 1 saturated carbocycles. The number of hydrogen-bond acceptors (Lipinski definition) is 2. The first-order chi connectivity index (χ1) is 8.72. The highest BCUT2D eigenvalue weighted by Gasteiger charge is 2.30. The predicted octanol–water partition coefficient (Wildman–Crippen LogP) is 3.71. The van der Waals surface area contributed by atoms with Gasteiger partial charge in [0.05, 0.1) is 12.2 Å². The van der Waals surface area contributed by atoms with Crippen LogP contribution in [0, 0.1) is 0 Å². The van der Waals surface area contributed by atoms with Crippen LogP contribution in [0.5, 0.6) is 5.75 Å². The van der Waals surface area contributed by atoms with Crippen LogP contribution in [-0.2, 0) is 6.42 Å². The second-order valence-electron chi connectivity index (χ2n) is 5.43. The summed E-state index contributed by atoms with van der Waals surface area (Å²) in [7, 11) is 0. The molecule has 0 aromatic heterocycles. The number of aliphatic hydroxyl groups is 1. The summed E-state index contributed by atoms with van der Waals surface area (Å²) in [6.07, 6.45) is 7.15. The lowest BCUT2D eigenvalue weighted by Crippen LogP contribution is -2.24. The molecule has 0 radical (unpaired) electrons. The summed E-state index contributed by atoms with van der Waals surface area (Å²) < 4.78 is 5.63. The highest BCUT2D eigenvalue weighted by Crippen LogP contribution is 2.33. The molecule has 0 amide bonds. The quantitative estimate of drug-likeness (QED) is 0.831. The molecule has 100 valence electrons. The second kappa shape index (κ2) is 6.24. The van der Waals surface area contributed by atoms with Crippen LogP contribution in [0.2, 0.25) is 0 Å². The molecule has 1 aliphatic rings. The van der Waals surface area contributed by atoms with E-state index in [1.807, 2.05) is 12.1 Å². The molecule has 18 heavy (non-hydrogen) atoms. The first-order valence-corrected chi connectivity index (χ1v) is 7.16. The van der Waals surface area contributed by atoms with E-state index in [9.17, 15) is 5.11 Å². The highest BCUT2D eigenvalue weighted by molar-refractivity contribution is 5.28. The van der Waals surface area contributed by atoms with Crippen LogP contribution in [0.1, 0.15) is 51.0 Å². The van der Waals surface area contributed by atoms with E-state index in [0.717, 1.165) is 44.5 Å². The largest absolute Gasteiger partial charge is 0.494 e. The smallest absolute Gasteiger partial charge is 0.119 e. The monoisotopic (exact) mass is 248 g/mol. The van der Waals surface area contributed by atoms with Crippen molar-refractivity contribution in [3.05, 3.63) is 29.8 Å². The minimum Gasteiger partial charge on any atom is -0.494 e. The number of benzene rings is 1. The van der Waals surface area contributed by atoms with Crippen molar-refractivity contribution in [2.24, 2.45) is 0 Å². The fourth-order valence-corrected chi connectivity index (χ4v) is 2.67. The molecule has 1 aliphatic carbocycles. The maximum Gasteiger partial charge on any atom is 0.119 e. The van der Waals surface area contributed by atoms with Gasteiger partial charge in [0.1, 0.15) is 5.75 Å². The molecule has 0 bridgehead atoms. The van der Waals surface area contributed by atoms with Gasteiger partial charge in [0.25, 0.3) is 0 Å². The summed E-state index contributed by atoms with van der Waals surface area (Å²) in [6.45, 7) is 2.88. The van der Waals surface area contributed by atoms with Gasteiger partial charge < -0.3 is 9.84 Å². The lowest BCUT2D eigenvalue weighted by Gasteiger charge is -2.21. The zero-order chi connectivity index (χ0) is 12.8. The molecule has 0 heterocycles. The molecule has 0 unspecified atom stereocenters. The maximum absolute atomic E-state index is 10.3. The number of aryl methyl sites for hydroxylation is 1. The normalized spacial score (nSPS) is 17.9. The first-order valence-electron chi connectivity index (χ1n) is 7.16. The molecule has 2 rings (SSSR count). The summed E-state index contributed by atoms with van der Waals surface area (Å²) >= 11 is 0. The standard InChI is InChI=1S/C16H24O2/c1-2-12-18-15-7-5-6-14(13-15)8-11-16(17)9-3-4-10-16/h5-7,13,17H,2-4,8-12H2,1H3. The summed E-state index contributed by atoms with van der Waals surface area (Å²) in [4.78, 5) is 0. The van der Waals surface area contributed by atoms with Gasteiger partial charge in [0.2, 0.25) is 0 Å². The van der Waals surface area contributed by atoms with Crippen molar-refractivity contribution in [1.29, 1.82) is 0 Å². The van der Waals surface area contributed by atoms with Crippen molar-refractivity contribution >= 4 is 0 Å². The van der Waals surface area contributed by atoms with Crippen molar-refractivity contribution in [2.75, 3.05) is 6.61 Å². The Hall–Kier alpha value is -1.02. The molecule has 1 aromatic carbocycles. The van der Waals surface area contributed by atoms with E-state index >= 15 is 0 Å². The Morgan fingerprint density at radius 1 is 1.28 bits per heavy atom. The molecule has 2 nitrogen and oxygen atoms in total. The van der Waals surface area contributed by atoms with Gasteiger partial charge in [-0.05, 0) is 49.8 Å². The van der Waals surface area contributed by atoms with Crippen LogP contribution in [-0.4, -0.2) is 17.3 Å². The van der Waals surface area contributed by atoms with E-state index in [1.165, 1.54) is 18.4 Å². The minimum atomic E-state index is -0.402. The number of ether oxygens (including phenoxy) is 1. The van der Waals surface area contributed by atoms with Gasteiger partial charge in [-0.2, -0.15) is 0 Å². The van der Waals surface area contributed by atoms with Crippen molar-refractivity contribution in [3.8, 4) is 5.75 Å². The van der Waals surface area contributed by atoms with Gasteiger partial charge in [-0.15, -0.1) is 0 Å². The molecule has 0 spiro atoms. The third-order valence-corrected chi connectivity index (χ3v) is 3.78. The zero-order valence-electron chi connectivity index (χ0n) is 11.3. The summed E-state index contributed by atoms with van der Waals surface area (Å²) in [5, 5.41) is 10.3. The van der Waals surface area contributed by atoms with Gasteiger partial charge >= 0.3 is 0 Å². The van der Waals surface area contributed by atoms with Crippen LogP contribution in [0.3, 0.4) is 0 Å². The van der Waals surface area contributed by atoms with Gasteiger partial charge in [-0.25, -0.2) is 0 Å². The molecule has 1 aromatic rings. The molecule has 1 fully saturated rings.